The third kappa shape index (κ3) is 3.33. The van der Waals surface area contributed by atoms with Crippen LogP contribution in [0.5, 0.6) is 0 Å². The molecule has 1 atom stereocenters. The highest BCUT2D eigenvalue weighted by Gasteiger charge is 2.24. The van der Waals surface area contributed by atoms with E-state index in [1.807, 2.05) is 7.05 Å². The van der Waals surface area contributed by atoms with Gasteiger partial charge in [-0.15, -0.1) is 11.3 Å². The minimum Gasteiger partial charge on any atom is -0.477 e. The molecule has 1 fully saturated rings. The Morgan fingerprint density at radius 1 is 1.58 bits per heavy atom. The fraction of sp³-hybridized carbons (Fsp3) is 0.545. The Labute approximate surface area is 116 Å². The number of aromatic carboxylic acids is 1. The summed E-state index contributed by atoms with van der Waals surface area (Å²) in [6.07, 6.45) is 2.05. The van der Waals surface area contributed by atoms with Crippen molar-refractivity contribution in [2.75, 3.05) is 20.1 Å². The Morgan fingerprint density at radius 2 is 2.32 bits per heavy atom. The van der Waals surface area contributed by atoms with E-state index in [9.17, 15) is 13.2 Å². The first-order valence-corrected chi connectivity index (χ1v) is 8.23. The van der Waals surface area contributed by atoms with E-state index >= 15 is 0 Å². The van der Waals surface area contributed by atoms with Crippen LogP contribution in [0.3, 0.4) is 0 Å². The van der Waals surface area contributed by atoms with Crippen LogP contribution in [-0.4, -0.2) is 50.6 Å². The van der Waals surface area contributed by atoms with Gasteiger partial charge in [-0.1, -0.05) is 0 Å². The zero-order valence-corrected chi connectivity index (χ0v) is 12.1. The van der Waals surface area contributed by atoms with Crippen LogP contribution in [-0.2, 0) is 10.0 Å². The van der Waals surface area contributed by atoms with Gasteiger partial charge in [0.2, 0.25) is 10.0 Å². The van der Waals surface area contributed by atoms with Gasteiger partial charge in [-0.25, -0.2) is 17.9 Å². The van der Waals surface area contributed by atoms with E-state index in [2.05, 4.69) is 9.62 Å². The van der Waals surface area contributed by atoms with Gasteiger partial charge in [0.25, 0.3) is 0 Å². The molecule has 2 N–H and O–H groups in total. The van der Waals surface area contributed by atoms with Gasteiger partial charge >= 0.3 is 5.97 Å². The standard InChI is InChI=1S/C11H16N2O4S2/c1-13-6-2-3-8(13)7-12-19(16,17)10-5-4-9(18-10)11(14)15/h4-5,8,12H,2-3,6-7H2,1H3,(H,14,15). The van der Waals surface area contributed by atoms with E-state index in [0.717, 1.165) is 30.7 Å². The summed E-state index contributed by atoms with van der Waals surface area (Å²) in [5.74, 6) is -1.11. The van der Waals surface area contributed by atoms with Crippen LogP contribution in [0.4, 0.5) is 0 Å². The monoisotopic (exact) mass is 304 g/mol. The third-order valence-corrected chi connectivity index (χ3v) is 6.23. The first-order chi connectivity index (χ1) is 8.90. The van der Waals surface area contributed by atoms with Gasteiger partial charge in [-0.05, 0) is 38.6 Å². The Hall–Kier alpha value is -0.960. The van der Waals surface area contributed by atoms with Crippen LogP contribution in [0, 0.1) is 0 Å². The molecule has 1 aliphatic heterocycles. The van der Waals surface area contributed by atoms with E-state index in [1.165, 1.54) is 12.1 Å². The zero-order chi connectivity index (χ0) is 14.0. The van der Waals surface area contributed by atoms with Crippen LogP contribution in [0.25, 0.3) is 0 Å². The lowest BCUT2D eigenvalue weighted by Crippen LogP contribution is -2.37. The number of nitrogens with one attached hydrogen (secondary N) is 1. The van der Waals surface area contributed by atoms with Gasteiger partial charge in [0.15, 0.2) is 0 Å². The summed E-state index contributed by atoms with van der Waals surface area (Å²) in [6.45, 7) is 1.34. The fourth-order valence-corrected chi connectivity index (χ4v) is 4.36. The van der Waals surface area contributed by atoms with Crippen LogP contribution in [0.1, 0.15) is 22.5 Å². The maximum absolute atomic E-state index is 12.0. The number of rotatable bonds is 5. The number of nitrogens with zero attached hydrogens (tertiary/aromatic N) is 1. The van der Waals surface area contributed by atoms with Gasteiger partial charge in [-0.3, -0.25) is 0 Å². The maximum Gasteiger partial charge on any atom is 0.345 e. The molecule has 19 heavy (non-hydrogen) atoms. The van der Waals surface area contributed by atoms with Gasteiger partial charge in [0.1, 0.15) is 9.09 Å². The predicted octanol–water partition coefficient (Wildman–Crippen LogP) is 0.819. The van der Waals surface area contributed by atoms with Gasteiger partial charge in [0, 0.05) is 12.6 Å². The first-order valence-electron chi connectivity index (χ1n) is 5.93. The first kappa shape index (κ1) is 14.4. The molecule has 1 saturated heterocycles. The van der Waals surface area contributed by atoms with E-state index < -0.39 is 16.0 Å². The quantitative estimate of drug-likeness (QED) is 0.841. The molecular weight excluding hydrogens is 288 g/mol. The van der Waals surface area contributed by atoms with E-state index in [-0.39, 0.29) is 15.1 Å². The largest absolute Gasteiger partial charge is 0.477 e. The van der Waals surface area contributed by atoms with Crippen LogP contribution < -0.4 is 4.72 Å². The zero-order valence-electron chi connectivity index (χ0n) is 10.5. The lowest BCUT2D eigenvalue weighted by atomic mass is 10.2. The van der Waals surface area contributed by atoms with Crippen molar-refractivity contribution in [3.8, 4) is 0 Å². The van der Waals surface area contributed by atoms with Gasteiger partial charge < -0.3 is 10.0 Å². The van der Waals surface area contributed by atoms with Crippen molar-refractivity contribution < 1.29 is 18.3 Å². The highest BCUT2D eigenvalue weighted by molar-refractivity contribution is 7.91. The SMILES string of the molecule is CN1CCCC1CNS(=O)(=O)c1ccc(C(=O)O)s1. The number of likely N-dealkylation sites (N-methyl/N-ethyl adjacent to an activating group) is 1. The molecule has 1 aromatic rings. The molecule has 0 aromatic carbocycles. The summed E-state index contributed by atoms with van der Waals surface area (Å²) in [5.41, 5.74) is 0. The molecule has 1 aliphatic rings. The summed E-state index contributed by atoms with van der Waals surface area (Å²) in [5, 5.41) is 8.79. The lowest BCUT2D eigenvalue weighted by Gasteiger charge is -2.19. The molecule has 6 nitrogen and oxygen atoms in total. The van der Waals surface area contributed by atoms with Gasteiger partial charge in [-0.2, -0.15) is 0 Å². The number of carboxylic acid groups (broad SMARTS) is 1. The van der Waals surface area contributed by atoms with Crippen molar-refractivity contribution >= 4 is 27.3 Å². The normalized spacial score (nSPS) is 20.8. The summed E-state index contributed by atoms with van der Waals surface area (Å²) in [7, 11) is -1.63. The molecule has 0 amide bonds. The molecule has 0 spiro atoms. The third-order valence-electron chi connectivity index (χ3n) is 3.24. The van der Waals surface area contributed by atoms with E-state index in [0.29, 0.717) is 6.54 Å². The molecule has 1 aromatic heterocycles. The topological polar surface area (TPSA) is 86.7 Å². The summed E-state index contributed by atoms with van der Waals surface area (Å²) in [4.78, 5) is 12.9. The minimum atomic E-state index is -3.61. The number of sulfonamides is 1. The highest BCUT2D eigenvalue weighted by atomic mass is 32.2. The summed E-state index contributed by atoms with van der Waals surface area (Å²) >= 11 is 0.768. The van der Waals surface area contributed by atoms with Crippen molar-refractivity contribution in [2.45, 2.75) is 23.1 Å². The number of carbonyl (C=O) groups is 1. The molecule has 0 aliphatic carbocycles. The van der Waals surface area contributed by atoms with Crippen molar-refractivity contribution in [3.05, 3.63) is 17.0 Å². The highest BCUT2D eigenvalue weighted by Crippen LogP contribution is 2.22. The Balaban J connectivity index is 2.03. The second-order valence-electron chi connectivity index (χ2n) is 4.55. The number of hydrogen-bond acceptors (Lipinski definition) is 5. The van der Waals surface area contributed by atoms with Crippen molar-refractivity contribution in [1.82, 2.24) is 9.62 Å². The Morgan fingerprint density at radius 3 is 2.84 bits per heavy atom. The fourth-order valence-electron chi connectivity index (χ4n) is 2.09. The molecule has 2 rings (SSSR count). The van der Waals surface area contributed by atoms with Crippen molar-refractivity contribution in [3.63, 3.8) is 0 Å². The van der Waals surface area contributed by atoms with Crippen LogP contribution in [0.2, 0.25) is 0 Å². The van der Waals surface area contributed by atoms with Gasteiger partial charge in [0.05, 0.1) is 0 Å². The summed E-state index contributed by atoms with van der Waals surface area (Å²) < 4.78 is 26.6. The van der Waals surface area contributed by atoms with E-state index in [4.69, 9.17) is 5.11 Å². The molecule has 2 heterocycles. The second kappa shape index (κ2) is 5.58. The molecule has 106 valence electrons. The van der Waals surface area contributed by atoms with Crippen LogP contribution >= 0.6 is 11.3 Å². The predicted molar refractivity (Wildman–Crippen MR) is 72.1 cm³/mol. The number of likely N-dealkylation sites (tertiary alicyclic amines) is 1. The Bertz CT molecular complexity index is 567. The number of thiophene rings is 1. The minimum absolute atomic E-state index is 0.0263. The maximum atomic E-state index is 12.0. The lowest BCUT2D eigenvalue weighted by molar-refractivity contribution is 0.0702. The smallest absolute Gasteiger partial charge is 0.345 e. The number of hydrogen-bond donors (Lipinski definition) is 2. The molecule has 0 radical (unpaired) electrons. The Kier molecular flexibility index (Phi) is 4.24. The molecular formula is C11H16N2O4S2. The van der Waals surface area contributed by atoms with Crippen LogP contribution in [0.15, 0.2) is 16.3 Å². The van der Waals surface area contributed by atoms with E-state index in [1.54, 1.807) is 0 Å². The van der Waals surface area contributed by atoms with Crippen molar-refractivity contribution in [2.24, 2.45) is 0 Å². The molecule has 8 heteroatoms. The second-order valence-corrected chi connectivity index (χ2v) is 7.63. The average Bonchev–Trinajstić information content (AvgIpc) is 2.95. The summed E-state index contributed by atoms with van der Waals surface area (Å²) in [6, 6.07) is 2.85. The molecule has 0 saturated carbocycles. The number of carboxylic acids is 1. The van der Waals surface area contributed by atoms with Crippen molar-refractivity contribution in [1.29, 1.82) is 0 Å². The average molecular weight is 304 g/mol. The molecule has 0 bridgehead atoms. The molecule has 1 unspecified atom stereocenters.